The number of carbonyl (C=O) groups is 3. The van der Waals surface area contributed by atoms with Crippen molar-refractivity contribution in [2.75, 3.05) is 11.9 Å². The Bertz CT molecular complexity index is 898. The highest BCUT2D eigenvalue weighted by molar-refractivity contribution is 6.03. The van der Waals surface area contributed by atoms with Gasteiger partial charge in [-0.25, -0.2) is 4.39 Å². The van der Waals surface area contributed by atoms with Crippen molar-refractivity contribution in [3.05, 3.63) is 59.9 Å². The number of anilines is 1. The van der Waals surface area contributed by atoms with Crippen molar-refractivity contribution in [1.82, 2.24) is 5.32 Å². The van der Waals surface area contributed by atoms with Gasteiger partial charge in [0.05, 0.1) is 5.41 Å². The number of halogens is 1. The summed E-state index contributed by atoms with van der Waals surface area (Å²) in [6, 6.07) is 12.5. The third-order valence-electron chi connectivity index (χ3n) is 4.96. The number of carbonyl (C=O) groups excluding carboxylic acids is 3. The minimum Gasteiger partial charge on any atom is -0.484 e. The summed E-state index contributed by atoms with van der Waals surface area (Å²) >= 11 is 0. The summed E-state index contributed by atoms with van der Waals surface area (Å²) in [5.41, 5.74) is 0.612. The van der Waals surface area contributed by atoms with Crippen LogP contribution in [0.3, 0.4) is 0 Å². The van der Waals surface area contributed by atoms with Crippen LogP contribution < -0.4 is 15.4 Å². The quantitative estimate of drug-likeness (QED) is 0.750. The molecular formula is C21H21FN2O4. The number of hydrogen-bond donors (Lipinski definition) is 2. The number of amides is 3. The molecule has 146 valence electrons. The van der Waals surface area contributed by atoms with Gasteiger partial charge in [0.25, 0.3) is 5.91 Å². The zero-order chi connectivity index (χ0) is 20.1. The average Bonchev–Trinajstić information content (AvgIpc) is 2.68. The number of hydrogen-bond acceptors (Lipinski definition) is 4. The van der Waals surface area contributed by atoms with Crippen LogP contribution in [0.25, 0.3) is 0 Å². The van der Waals surface area contributed by atoms with Gasteiger partial charge in [0, 0.05) is 18.2 Å². The first-order valence-corrected chi connectivity index (χ1v) is 9.06. The molecule has 0 aliphatic carbocycles. The number of piperidine rings is 1. The Morgan fingerprint density at radius 3 is 2.61 bits per heavy atom. The first-order chi connectivity index (χ1) is 13.4. The van der Waals surface area contributed by atoms with Crippen molar-refractivity contribution in [3.63, 3.8) is 0 Å². The van der Waals surface area contributed by atoms with E-state index in [0.29, 0.717) is 24.9 Å². The Balaban J connectivity index is 1.63. The molecule has 0 spiro atoms. The summed E-state index contributed by atoms with van der Waals surface area (Å²) in [6.45, 7) is 1.66. The predicted molar refractivity (Wildman–Crippen MR) is 101 cm³/mol. The van der Waals surface area contributed by atoms with E-state index in [-0.39, 0.29) is 30.1 Å². The summed E-state index contributed by atoms with van der Waals surface area (Å²) in [7, 11) is 0. The van der Waals surface area contributed by atoms with Crippen LogP contribution in [0, 0.1) is 5.82 Å². The van der Waals surface area contributed by atoms with Gasteiger partial charge in [-0.2, -0.15) is 0 Å². The highest BCUT2D eigenvalue weighted by atomic mass is 19.1. The third kappa shape index (κ3) is 4.19. The first-order valence-electron chi connectivity index (χ1n) is 9.06. The van der Waals surface area contributed by atoms with E-state index in [9.17, 15) is 18.8 Å². The lowest BCUT2D eigenvalue weighted by molar-refractivity contribution is -0.138. The highest BCUT2D eigenvalue weighted by Crippen LogP contribution is 2.36. The maximum atomic E-state index is 13.1. The number of benzene rings is 2. The summed E-state index contributed by atoms with van der Waals surface area (Å²) in [5, 5.41) is 5.11. The smallest absolute Gasteiger partial charge is 0.262 e. The largest absolute Gasteiger partial charge is 0.484 e. The molecule has 2 aromatic carbocycles. The molecule has 1 unspecified atom stereocenters. The Labute approximate surface area is 162 Å². The van der Waals surface area contributed by atoms with Crippen molar-refractivity contribution < 1.29 is 23.5 Å². The maximum Gasteiger partial charge on any atom is 0.262 e. The lowest BCUT2D eigenvalue weighted by atomic mass is 9.72. The van der Waals surface area contributed by atoms with Gasteiger partial charge >= 0.3 is 0 Å². The fourth-order valence-electron chi connectivity index (χ4n) is 3.34. The van der Waals surface area contributed by atoms with Gasteiger partial charge in [-0.1, -0.05) is 25.1 Å². The van der Waals surface area contributed by atoms with Crippen molar-refractivity contribution in [1.29, 1.82) is 0 Å². The summed E-state index contributed by atoms with van der Waals surface area (Å²) < 4.78 is 18.4. The molecule has 0 radical (unpaired) electrons. The molecule has 7 heteroatoms. The van der Waals surface area contributed by atoms with E-state index in [1.165, 1.54) is 18.2 Å². The zero-order valence-electron chi connectivity index (χ0n) is 15.5. The Morgan fingerprint density at radius 1 is 1.21 bits per heavy atom. The van der Waals surface area contributed by atoms with Gasteiger partial charge < -0.3 is 10.1 Å². The molecule has 6 nitrogen and oxygen atoms in total. The number of imide groups is 1. The van der Waals surface area contributed by atoms with Crippen LogP contribution >= 0.6 is 0 Å². The van der Waals surface area contributed by atoms with Crippen LogP contribution in [0.4, 0.5) is 10.1 Å². The Morgan fingerprint density at radius 2 is 1.96 bits per heavy atom. The molecule has 0 bridgehead atoms. The maximum absolute atomic E-state index is 13.1. The van der Waals surface area contributed by atoms with E-state index in [1.54, 1.807) is 30.3 Å². The number of nitrogens with one attached hydrogen (secondary N) is 2. The van der Waals surface area contributed by atoms with Crippen LogP contribution in [0.5, 0.6) is 5.75 Å². The molecule has 1 heterocycles. The molecular weight excluding hydrogens is 363 g/mol. The van der Waals surface area contributed by atoms with Gasteiger partial charge in [-0.05, 0) is 42.7 Å². The van der Waals surface area contributed by atoms with E-state index in [0.717, 1.165) is 5.56 Å². The molecule has 28 heavy (non-hydrogen) atoms. The summed E-state index contributed by atoms with van der Waals surface area (Å²) in [6.07, 6.45) is 1.33. The minimum absolute atomic E-state index is 0.253. The molecule has 1 aliphatic rings. The van der Waals surface area contributed by atoms with Crippen molar-refractivity contribution >= 4 is 23.4 Å². The lowest BCUT2D eigenvalue weighted by Crippen LogP contribution is -2.51. The van der Waals surface area contributed by atoms with Gasteiger partial charge in [-0.15, -0.1) is 0 Å². The van der Waals surface area contributed by atoms with Crippen LogP contribution in [0.2, 0.25) is 0 Å². The number of ether oxygens (including phenoxy) is 1. The molecule has 1 saturated heterocycles. The second-order valence-corrected chi connectivity index (χ2v) is 6.68. The van der Waals surface area contributed by atoms with Crippen molar-refractivity contribution in [3.8, 4) is 5.75 Å². The molecule has 1 atom stereocenters. The summed E-state index contributed by atoms with van der Waals surface area (Å²) in [5.74, 6) is -1.09. The first kappa shape index (κ1) is 19.5. The fourth-order valence-corrected chi connectivity index (χ4v) is 3.34. The molecule has 2 N–H and O–H groups in total. The van der Waals surface area contributed by atoms with Gasteiger partial charge in [0.15, 0.2) is 6.61 Å². The highest BCUT2D eigenvalue weighted by Gasteiger charge is 2.42. The average molecular weight is 384 g/mol. The molecule has 1 aliphatic heterocycles. The molecule has 0 saturated carbocycles. The normalized spacial score (nSPS) is 19.1. The standard InChI is InChI=1S/C21H21FN2O4/c1-2-21(11-10-18(25)24-20(21)27)14-6-8-16(9-7-14)23-19(26)13-28-17-5-3-4-15(22)12-17/h3-9,12H,2,10-11,13H2,1H3,(H,23,26)(H,24,25,27). The summed E-state index contributed by atoms with van der Waals surface area (Å²) in [4.78, 5) is 35.9. The van der Waals surface area contributed by atoms with Crippen LogP contribution in [0.15, 0.2) is 48.5 Å². The fraction of sp³-hybridized carbons (Fsp3) is 0.286. The molecule has 0 aromatic heterocycles. The molecule has 1 fully saturated rings. The van der Waals surface area contributed by atoms with Crippen LogP contribution in [-0.4, -0.2) is 24.3 Å². The Hall–Kier alpha value is -3.22. The van der Waals surface area contributed by atoms with Crippen molar-refractivity contribution in [2.24, 2.45) is 0 Å². The van der Waals surface area contributed by atoms with Gasteiger partial charge in [0.2, 0.25) is 11.8 Å². The van der Waals surface area contributed by atoms with E-state index in [4.69, 9.17) is 4.74 Å². The molecule has 2 aromatic rings. The van der Waals surface area contributed by atoms with Gasteiger partial charge in [-0.3, -0.25) is 19.7 Å². The minimum atomic E-state index is -0.739. The van der Waals surface area contributed by atoms with E-state index in [1.807, 2.05) is 6.92 Å². The zero-order valence-corrected chi connectivity index (χ0v) is 15.5. The molecule has 3 rings (SSSR count). The van der Waals surface area contributed by atoms with E-state index in [2.05, 4.69) is 10.6 Å². The van der Waals surface area contributed by atoms with Crippen LogP contribution in [-0.2, 0) is 19.8 Å². The second kappa shape index (κ2) is 8.21. The SMILES string of the molecule is CCC1(c2ccc(NC(=O)COc3cccc(F)c3)cc2)CCC(=O)NC1=O. The Kier molecular flexibility index (Phi) is 5.73. The van der Waals surface area contributed by atoms with Crippen LogP contribution in [0.1, 0.15) is 31.7 Å². The van der Waals surface area contributed by atoms with E-state index < -0.39 is 11.2 Å². The molecule has 3 amide bonds. The second-order valence-electron chi connectivity index (χ2n) is 6.68. The van der Waals surface area contributed by atoms with Crippen molar-refractivity contribution in [2.45, 2.75) is 31.6 Å². The van der Waals surface area contributed by atoms with Gasteiger partial charge in [0.1, 0.15) is 11.6 Å². The van der Waals surface area contributed by atoms with E-state index >= 15 is 0 Å². The monoisotopic (exact) mass is 384 g/mol. The number of rotatable bonds is 6. The topological polar surface area (TPSA) is 84.5 Å². The predicted octanol–water partition coefficient (Wildman–Crippen LogP) is 2.93. The third-order valence-corrected chi connectivity index (χ3v) is 4.96. The lowest BCUT2D eigenvalue weighted by Gasteiger charge is -2.35.